The average molecular weight is 430 g/mol. The van der Waals surface area contributed by atoms with E-state index < -0.39 is 10.0 Å². The van der Waals surface area contributed by atoms with Crippen LogP contribution in [-0.4, -0.2) is 38.3 Å². The van der Waals surface area contributed by atoms with E-state index in [2.05, 4.69) is 5.32 Å². The Morgan fingerprint density at radius 2 is 1.81 bits per heavy atom. The summed E-state index contributed by atoms with van der Waals surface area (Å²) in [6.07, 6.45) is 3.52. The number of hydrogen-bond donors (Lipinski definition) is 2. The fraction of sp³-hybridized carbons (Fsp3) is 0.389. The standard InChI is InChI=1S/C18H23N3O3S2.ClH/c19-16-7-3-2-6-15(16)18(22)20-11-10-14-8-9-17(25-14)26(23,24)21-12-4-1-5-13-21;/h2-3,6-9H,1,4-5,10-13,19H2,(H,20,22);1H. The highest BCUT2D eigenvalue weighted by atomic mass is 35.5. The molecule has 2 aromatic rings. The number of hydrogen-bond acceptors (Lipinski definition) is 5. The van der Waals surface area contributed by atoms with Gasteiger partial charge in [0.25, 0.3) is 15.9 Å². The van der Waals surface area contributed by atoms with Gasteiger partial charge in [-0.15, -0.1) is 23.7 Å². The van der Waals surface area contributed by atoms with E-state index in [0.29, 0.717) is 41.5 Å². The molecule has 1 aromatic heterocycles. The number of halogens is 1. The summed E-state index contributed by atoms with van der Waals surface area (Å²) in [7, 11) is -3.38. The van der Waals surface area contributed by atoms with Gasteiger partial charge in [-0.25, -0.2) is 8.42 Å². The summed E-state index contributed by atoms with van der Waals surface area (Å²) >= 11 is 1.28. The Morgan fingerprint density at radius 3 is 2.52 bits per heavy atom. The zero-order valence-electron chi connectivity index (χ0n) is 14.9. The third kappa shape index (κ3) is 5.22. The molecule has 2 heterocycles. The van der Waals surface area contributed by atoms with Crippen molar-refractivity contribution in [2.45, 2.75) is 29.9 Å². The largest absolute Gasteiger partial charge is 0.398 e. The lowest BCUT2D eigenvalue weighted by atomic mass is 10.1. The molecule has 0 saturated carbocycles. The molecule has 0 radical (unpaired) electrons. The first-order valence-electron chi connectivity index (χ1n) is 8.70. The van der Waals surface area contributed by atoms with Crippen molar-refractivity contribution in [2.24, 2.45) is 0 Å². The van der Waals surface area contributed by atoms with Gasteiger partial charge < -0.3 is 11.1 Å². The van der Waals surface area contributed by atoms with E-state index in [-0.39, 0.29) is 18.3 Å². The predicted octanol–water partition coefficient (Wildman–Crippen LogP) is 2.90. The number of amides is 1. The summed E-state index contributed by atoms with van der Waals surface area (Å²) in [5.41, 5.74) is 6.69. The maximum absolute atomic E-state index is 12.7. The second kappa shape index (κ2) is 9.54. The molecule has 148 valence electrons. The molecule has 1 saturated heterocycles. The fourth-order valence-corrected chi connectivity index (χ4v) is 5.99. The van der Waals surface area contributed by atoms with Gasteiger partial charge in [-0.05, 0) is 43.5 Å². The van der Waals surface area contributed by atoms with Gasteiger partial charge in [-0.3, -0.25) is 4.79 Å². The number of carbonyl (C=O) groups is 1. The second-order valence-electron chi connectivity index (χ2n) is 6.28. The minimum atomic E-state index is -3.38. The van der Waals surface area contributed by atoms with Crippen molar-refractivity contribution in [3.8, 4) is 0 Å². The summed E-state index contributed by atoms with van der Waals surface area (Å²) in [5.74, 6) is -0.221. The fourth-order valence-electron chi connectivity index (χ4n) is 2.96. The van der Waals surface area contributed by atoms with Crippen LogP contribution in [0.3, 0.4) is 0 Å². The molecule has 6 nitrogen and oxygen atoms in total. The van der Waals surface area contributed by atoms with Crippen LogP contribution in [0.25, 0.3) is 0 Å². The number of rotatable bonds is 6. The number of carbonyl (C=O) groups excluding carboxylic acids is 1. The molecule has 1 fully saturated rings. The van der Waals surface area contributed by atoms with Crippen molar-refractivity contribution >= 4 is 45.4 Å². The van der Waals surface area contributed by atoms with Crippen molar-refractivity contribution in [2.75, 3.05) is 25.4 Å². The van der Waals surface area contributed by atoms with Crippen LogP contribution in [0.2, 0.25) is 0 Å². The lowest BCUT2D eigenvalue weighted by Gasteiger charge is -2.25. The lowest BCUT2D eigenvalue weighted by Crippen LogP contribution is -2.35. The van der Waals surface area contributed by atoms with Crippen LogP contribution in [0.1, 0.15) is 34.5 Å². The van der Waals surface area contributed by atoms with Gasteiger partial charge in [-0.1, -0.05) is 18.6 Å². The number of nitrogens with zero attached hydrogens (tertiary/aromatic N) is 1. The van der Waals surface area contributed by atoms with Gasteiger partial charge in [0.05, 0.1) is 5.56 Å². The second-order valence-corrected chi connectivity index (χ2v) is 9.61. The maximum Gasteiger partial charge on any atom is 0.253 e. The van der Waals surface area contributed by atoms with Gasteiger partial charge in [0.1, 0.15) is 4.21 Å². The molecule has 1 aliphatic heterocycles. The topological polar surface area (TPSA) is 92.5 Å². The molecule has 0 spiro atoms. The van der Waals surface area contributed by atoms with Crippen LogP contribution in [0, 0.1) is 0 Å². The quantitative estimate of drug-likeness (QED) is 0.690. The number of benzene rings is 1. The predicted molar refractivity (Wildman–Crippen MR) is 111 cm³/mol. The van der Waals surface area contributed by atoms with Crippen molar-refractivity contribution in [1.29, 1.82) is 0 Å². The molecule has 3 N–H and O–H groups in total. The molecule has 0 unspecified atom stereocenters. The summed E-state index contributed by atoms with van der Waals surface area (Å²) in [5, 5.41) is 2.83. The Balaban J connectivity index is 0.00000261. The molecule has 3 rings (SSSR count). The van der Waals surface area contributed by atoms with E-state index in [4.69, 9.17) is 5.73 Å². The Hall–Kier alpha value is -1.61. The summed E-state index contributed by atoms with van der Waals surface area (Å²) in [6, 6.07) is 10.4. The van der Waals surface area contributed by atoms with E-state index in [9.17, 15) is 13.2 Å². The normalized spacial score (nSPS) is 15.1. The highest BCUT2D eigenvalue weighted by molar-refractivity contribution is 7.91. The zero-order valence-corrected chi connectivity index (χ0v) is 17.3. The van der Waals surface area contributed by atoms with E-state index >= 15 is 0 Å². The molecule has 0 aliphatic carbocycles. The highest BCUT2D eigenvalue weighted by Crippen LogP contribution is 2.27. The third-order valence-corrected chi connectivity index (χ3v) is 7.92. The number of sulfonamides is 1. The Bertz CT molecular complexity index is 877. The molecule has 9 heteroatoms. The van der Waals surface area contributed by atoms with E-state index in [1.807, 2.05) is 6.07 Å². The minimum Gasteiger partial charge on any atom is -0.398 e. The number of nitrogens with two attached hydrogens (primary N) is 1. The molecule has 0 atom stereocenters. The average Bonchev–Trinajstić information content (AvgIpc) is 3.12. The van der Waals surface area contributed by atoms with E-state index in [1.54, 1.807) is 34.6 Å². The molecule has 0 bridgehead atoms. The molecule has 1 aromatic carbocycles. The number of nitrogen functional groups attached to an aromatic ring is 1. The number of anilines is 1. The molecular formula is C18H24ClN3O3S2. The van der Waals surface area contributed by atoms with Crippen LogP contribution < -0.4 is 11.1 Å². The highest BCUT2D eigenvalue weighted by Gasteiger charge is 2.27. The SMILES string of the molecule is Cl.Nc1ccccc1C(=O)NCCc1ccc(S(=O)(=O)N2CCCCC2)s1. The van der Waals surface area contributed by atoms with Crippen molar-refractivity contribution < 1.29 is 13.2 Å². The van der Waals surface area contributed by atoms with Crippen LogP contribution in [0.5, 0.6) is 0 Å². The number of para-hydroxylation sites is 1. The van der Waals surface area contributed by atoms with Gasteiger partial charge in [-0.2, -0.15) is 4.31 Å². The van der Waals surface area contributed by atoms with Crippen LogP contribution >= 0.6 is 23.7 Å². The van der Waals surface area contributed by atoms with E-state index in [1.165, 1.54) is 11.3 Å². The van der Waals surface area contributed by atoms with Gasteiger partial charge in [0.2, 0.25) is 0 Å². The number of thiophene rings is 1. The monoisotopic (exact) mass is 429 g/mol. The molecule has 1 aliphatic rings. The van der Waals surface area contributed by atoms with Crippen LogP contribution in [0.4, 0.5) is 5.69 Å². The zero-order chi connectivity index (χ0) is 18.6. The number of piperidine rings is 1. The van der Waals surface area contributed by atoms with Gasteiger partial charge >= 0.3 is 0 Å². The van der Waals surface area contributed by atoms with Crippen molar-refractivity contribution in [3.05, 3.63) is 46.8 Å². The summed E-state index contributed by atoms with van der Waals surface area (Å²) in [4.78, 5) is 13.1. The smallest absolute Gasteiger partial charge is 0.253 e. The Morgan fingerprint density at radius 1 is 1.11 bits per heavy atom. The van der Waals surface area contributed by atoms with Crippen LogP contribution in [-0.2, 0) is 16.4 Å². The number of nitrogens with one attached hydrogen (secondary N) is 1. The molecular weight excluding hydrogens is 406 g/mol. The summed E-state index contributed by atoms with van der Waals surface area (Å²) in [6.45, 7) is 1.63. The van der Waals surface area contributed by atoms with Gasteiger partial charge in [0, 0.05) is 30.2 Å². The first-order valence-corrected chi connectivity index (χ1v) is 11.0. The lowest BCUT2D eigenvalue weighted by molar-refractivity contribution is 0.0955. The first-order chi connectivity index (χ1) is 12.5. The maximum atomic E-state index is 12.7. The minimum absolute atomic E-state index is 0. The third-order valence-electron chi connectivity index (χ3n) is 4.41. The van der Waals surface area contributed by atoms with Crippen molar-refractivity contribution in [3.63, 3.8) is 0 Å². The Kier molecular flexibility index (Phi) is 7.67. The molecule has 27 heavy (non-hydrogen) atoms. The van der Waals surface area contributed by atoms with Gasteiger partial charge in [0.15, 0.2) is 0 Å². The van der Waals surface area contributed by atoms with E-state index in [0.717, 1.165) is 24.1 Å². The summed E-state index contributed by atoms with van der Waals surface area (Å²) < 4.78 is 27.3. The molecule has 1 amide bonds. The van der Waals surface area contributed by atoms with Crippen molar-refractivity contribution in [1.82, 2.24) is 9.62 Å². The first kappa shape index (κ1) is 21.7. The Labute approximate surface area is 170 Å². The van der Waals surface area contributed by atoms with Crippen LogP contribution in [0.15, 0.2) is 40.6 Å².